The number of nitrogens with one attached hydrogen (secondary N) is 2. The highest BCUT2D eigenvalue weighted by Gasteiger charge is 2.25. The van der Waals surface area contributed by atoms with E-state index in [1.165, 1.54) is 11.1 Å². The molecule has 1 aromatic carbocycles. The SMILES string of the molecule is Cc1cscc1CNC(=O)C1CCNc2ccccc21. The van der Waals surface area contributed by atoms with Crippen LogP contribution in [0, 0.1) is 6.92 Å². The van der Waals surface area contributed by atoms with Crippen molar-refractivity contribution in [2.75, 3.05) is 11.9 Å². The third-order valence-corrected chi connectivity index (χ3v) is 4.73. The summed E-state index contributed by atoms with van der Waals surface area (Å²) >= 11 is 1.68. The number of hydrogen-bond donors (Lipinski definition) is 2. The number of fused-ring (bicyclic) bond motifs is 1. The lowest BCUT2D eigenvalue weighted by atomic mass is 9.90. The van der Waals surface area contributed by atoms with E-state index in [1.54, 1.807) is 11.3 Å². The van der Waals surface area contributed by atoms with E-state index in [2.05, 4.69) is 28.3 Å². The predicted octanol–water partition coefficient (Wildman–Crippen LogP) is 3.27. The van der Waals surface area contributed by atoms with Crippen molar-refractivity contribution in [3.05, 3.63) is 51.7 Å². The minimum atomic E-state index is -0.0357. The Labute approximate surface area is 123 Å². The van der Waals surface area contributed by atoms with Gasteiger partial charge in [0.1, 0.15) is 0 Å². The zero-order valence-corrected chi connectivity index (χ0v) is 12.3. The van der Waals surface area contributed by atoms with E-state index in [1.807, 2.05) is 24.3 Å². The van der Waals surface area contributed by atoms with E-state index in [9.17, 15) is 4.79 Å². The highest BCUT2D eigenvalue weighted by atomic mass is 32.1. The Balaban J connectivity index is 1.71. The number of hydrogen-bond acceptors (Lipinski definition) is 3. The molecule has 0 saturated heterocycles. The monoisotopic (exact) mass is 286 g/mol. The van der Waals surface area contributed by atoms with Gasteiger partial charge in [0.2, 0.25) is 5.91 Å². The van der Waals surface area contributed by atoms with Crippen LogP contribution in [0.3, 0.4) is 0 Å². The first kappa shape index (κ1) is 13.2. The maximum atomic E-state index is 12.4. The van der Waals surface area contributed by atoms with Crippen LogP contribution in [-0.4, -0.2) is 12.5 Å². The Morgan fingerprint density at radius 1 is 1.40 bits per heavy atom. The van der Waals surface area contributed by atoms with Gasteiger partial charge in [-0.2, -0.15) is 11.3 Å². The zero-order chi connectivity index (χ0) is 13.9. The lowest BCUT2D eigenvalue weighted by molar-refractivity contribution is -0.122. The van der Waals surface area contributed by atoms with Gasteiger partial charge in [0, 0.05) is 18.8 Å². The van der Waals surface area contributed by atoms with Gasteiger partial charge >= 0.3 is 0 Å². The Bertz CT molecular complexity index is 620. The second kappa shape index (κ2) is 5.67. The number of rotatable bonds is 3. The summed E-state index contributed by atoms with van der Waals surface area (Å²) < 4.78 is 0. The molecule has 1 atom stereocenters. The van der Waals surface area contributed by atoms with Gasteiger partial charge < -0.3 is 10.6 Å². The summed E-state index contributed by atoms with van der Waals surface area (Å²) in [5, 5.41) is 10.6. The van der Waals surface area contributed by atoms with Crippen molar-refractivity contribution in [2.24, 2.45) is 0 Å². The van der Waals surface area contributed by atoms with Crippen molar-refractivity contribution >= 4 is 22.9 Å². The largest absolute Gasteiger partial charge is 0.385 e. The second-order valence-corrected chi connectivity index (χ2v) is 5.90. The molecule has 20 heavy (non-hydrogen) atoms. The van der Waals surface area contributed by atoms with Crippen LogP contribution < -0.4 is 10.6 Å². The predicted molar refractivity (Wildman–Crippen MR) is 83.2 cm³/mol. The summed E-state index contributed by atoms with van der Waals surface area (Å²) in [5.41, 5.74) is 4.66. The number of benzene rings is 1. The molecule has 0 saturated carbocycles. The molecule has 1 unspecified atom stereocenters. The number of aryl methyl sites for hydroxylation is 1. The van der Waals surface area contributed by atoms with Crippen molar-refractivity contribution in [2.45, 2.75) is 25.8 Å². The van der Waals surface area contributed by atoms with Crippen LogP contribution in [0.5, 0.6) is 0 Å². The maximum absolute atomic E-state index is 12.4. The summed E-state index contributed by atoms with van der Waals surface area (Å²) in [6, 6.07) is 8.08. The fourth-order valence-electron chi connectivity index (χ4n) is 2.61. The van der Waals surface area contributed by atoms with Gasteiger partial charge in [-0.3, -0.25) is 4.79 Å². The highest BCUT2D eigenvalue weighted by Crippen LogP contribution is 2.31. The molecule has 1 aliphatic heterocycles. The van der Waals surface area contributed by atoms with Crippen molar-refractivity contribution < 1.29 is 4.79 Å². The van der Waals surface area contributed by atoms with E-state index < -0.39 is 0 Å². The third kappa shape index (κ3) is 2.56. The molecular formula is C16H18N2OS. The van der Waals surface area contributed by atoms with Crippen LogP contribution in [-0.2, 0) is 11.3 Å². The fraction of sp³-hybridized carbons (Fsp3) is 0.312. The quantitative estimate of drug-likeness (QED) is 0.909. The number of carbonyl (C=O) groups excluding carboxylic acids is 1. The third-order valence-electron chi connectivity index (χ3n) is 3.82. The molecular weight excluding hydrogens is 268 g/mol. The average molecular weight is 286 g/mol. The number of thiophene rings is 1. The molecule has 3 nitrogen and oxygen atoms in total. The van der Waals surface area contributed by atoms with Crippen LogP contribution in [0.2, 0.25) is 0 Å². The second-order valence-electron chi connectivity index (χ2n) is 5.15. The standard InChI is InChI=1S/C16H18N2OS/c1-11-9-20-10-12(11)8-18-16(19)14-6-7-17-15-5-3-2-4-13(14)15/h2-5,9-10,14,17H,6-8H2,1H3,(H,18,19). The van der Waals surface area contributed by atoms with Crippen LogP contribution in [0.4, 0.5) is 5.69 Å². The van der Waals surface area contributed by atoms with Gasteiger partial charge in [0.25, 0.3) is 0 Å². The lowest BCUT2D eigenvalue weighted by Gasteiger charge is -2.25. The van der Waals surface area contributed by atoms with E-state index in [4.69, 9.17) is 0 Å². The fourth-order valence-corrected chi connectivity index (χ4v) is 3.47. The van der Waals surface area contributed by atoms with Gasteiger partial charge in [0.05, 0.1) is 5.92 Å². The molecule has 4 heteroatoms. The van der Waals surface area contributed by atoms with Gasteiger partial charge in [-0.1, -0.05) is 18.2 Å². The summed E-state index contributed by atoms with van der Waals surface area (Å²) in [6.45, 7) is 3.56. The molecule has 3 rings (SSSR count). The summed E-state index contributed by atoms with van der Waals surface area (Å²) in [6.07, 6.45) is 0.853. The Kier molecular flexibility index (Phi) is 3.74. The summed E-state index contributed by atoms with van der Waals surface area (Å²) in [4.78, 5) is 12.4. The molecule has 1 aromatic heterocycles. The zero-order valence-electron chi connectivity index (χ0n) is 11.5. The lowest BCUT2D eigenvalue weighted by Crippen LogP contribution is -2.32. The van der Waals surface area contributed by atoms with Crippen LogP contribution in [0.15, 0.2) is 35.0 Å². The molecule has 2 N–H and O–H groups in total. The molecule has 0 fully saturated rings. The maximum Gasteiger partial charge on any atom is 0.227 e. The van der Waals surface area contributed by atoms with Crippen molar-refractivity contribution in [1.29, 1.82) is 0 Å². The minimum Gasteiger partial charge on any atom is -0.385 e. The van der Waals surface area contributed by atoms with Crippen molar-refractivity contribution in [1.82, 2.24) is 5.32 Å². The number of carbonyl (C=O) groups is 1. The molecule has 0 spiro atoms. The Morgan fingerprint density at radius 2 is 2.25 bits per heavy atom. The van der Waals surface area contributed by atoms with Crippen LogP contribution in [0.25, 0.3) is 0 Å². The number of anilines is 1. The van der Waals surface area contributed by atoms with Crippen molar-refractivity contribution in [3.63, 3.8) is 0 Å². The molecule has 0 aliphatic carbocycles. The topological polar surface area (TPSA) is 41.1 Å². The van der Waals surface area contributed by atoms with E-state index >= 15 is 0 Å². The van der Waals surface area contributed by atoms with Gasteiger partial charge in [-0.25, -0.2) is 0 Å². The molecule has 1 amide bonds. The minimum absolute atomic E-state index is 0.0357. The summed E-state index contributed by atoms with van der Waals surface area (Å²) in [7, 11) is 0. The van der Waals surface area contributed by atoms with E-state index in [0.717, 1.165) is 24.2 Å². The number of para-hydroxylation sites is 1. The molecule has 1 aliphatic rings. The highest BCUT2D eigenvalue weighted by molar-refractivity contribution is 7.08. The van der Waals surface area contributed by atoms with E-state index in [-0.39, 0.29) is 11.8 Å². The van der Waals surface area contributed by atoms with Crippen LogP contribution >= 0.6 is 11.3 Å². The van der Waals surface area contributed by atoms with Gasteiger partial charge in [-0.05, 0) is 46.9 Å². The van der Waals surface area contributed by atoms with Gasteiger partial charge in [-0.15, -0.1) is 0 Å². The first-order valence-electron chi connectivity index (χ1n) is 6.88. The molecule has 2 heterocycles. The normalized spacial score (nSPS) is 17.1. The molecule has 2 aromatic rings. The van der Waals surface area contributed by atoms with Crippen LogP contribution in [0.1, 0.15) is 29.0 Å². The molecule has 0 bridgehead atoms. The Morgan fingerprint density at radius 3 is 3.05 bits per heavy atom. The average Bonchev–Trinajstić information content (AvgIpc) is 2.89. The summed E-state index contributed by atoms with van der Waals surface area (Å²) in [5.74, 6) is 0.0935. The molecule has 104 valence electrons. The Hall–Kier alpha value is -1.81. The van der Waals surface area contributed by atoms with E-state index in [0.29, 0.717) is 6.54 Å². The van der Waals surface area contributed by atoms with Gasteiger partial charge in [0.15, 0.2) is 0 Å². The number of amides is 1. The smallest absolute Gasteiger partial charge is 0.227 e. The van der Waals surface area contributed by atoms with Crippen molar-refractivity contribution in [3.8, 4) is 0 Å². The first-order valence-corrected chi connectivity index (χ1v) is 7.82. The first-order chi connectivity index (χ1) is 9.75. The molecule has 0 radical (unpaired) electrons.